The normalized spacial score (nSPS) is 15.0. The Labute approximate surface area is 264 Å². The number of nitrogens with one attached hydrogen (secondary N) is 3. The molecule has 1 unspecified atom stereocenters. The van der Waals surface area contributed by atoms with Gasteiger partial charge in [0.25, 0.3) is 5.91 Å². The SMILES string of the molecule is C=NNc1ccc(-c2ncn[nH]2)cc1Cc1cccc(C(=O)NCCCC2CCN(C(C)/C(C)=C/C/C=C\C)CC2)c1.CC. The molecule has 1 saturated heterocycles. The molecule has 1 aliphatic rings. The van der Waals surface area contributed by atoms with Gasteiger partial charge in [-0.1, -0.05) is 49.8 Å². The number of aromatic amines is 1. The van der Waals surface area contributed by atoms with E-state index in [2.05, 4.69) is 87.7 Å². The summed E-state index contributed by atoms with van der Waals surface area (Å²) in [5.41, 5.74) is 8.96. The van der Waals surface area contributed by atoms with Crippen LogP contribution in [0.1, 0.15) is 88.2 Å². The highest BCUT2D eigenvalue weighted by Gasteiger charge is 2.23. The van der Waals surface area contributed by atoms with Crippen molar-refractivity contribution >= 4 is 18.3 Å². The van der Waals surface area contributed by atoms with Gasteiger partial charge in [0.2, 0.25) is 0 Å². The first-order valence-electron chi connectivity index (χ1n) is 16.1. The molecule has 0 bridgehead atoms. The van der Waals surface area contributed by atoms with E-state index in [9.17, 15) is 4.79 Å². The second-order valence-electron chi connectivity index (χ2n) is 11.2. The molecule has 0 saturated carbocycles. The molecule has 3 aromatic rings. The maximum absolute atomic E-state index is 13.0. The number of hydrogen-bond acceptors (Lipinski definition) is 6. The predicted octanol–water partition coefficient (Wildman–Crippen LogP) is 7.64. The number of allylic oxidation sites excluding steroid dienone is 3. The highest BCUT2D eigenvalue weighted by Crippen LogP contribution is 2.27. The first kappa shape index (κ1) is 34.5. The van der Waals surface area contributed by atoms with E-state index in [0.717, 1.165) is 60.6 Å². The lowest BCUT2D eigenvalue weighted by Crippen LogP contribution is -2.40. The third-order valence-electron chi connectivity index (χ3n) is 8.32. The fourth-order valence-corrected chi connectivity index (χ4v) is 5.64. The fraction of sp³-hybridized carbons (Fsp3) is 0.444. The van der Waals surface area contributed by atoms with Crippen molar-refractivity contribution < 1.29 is 4.79 Å². The minimum absolute atomic E-state index is 0.0257. The Bertz CT molecular complexity index is 1350. The topological polar surface area (TPSA) is 98.3 Å². The second-order valence-corrected chi connectivity index (χ2v) is 11.2. The Balaban J connectivity index is 0.00000259. The van der Waals surface area contributed by atoms with E-state index in [-0.39, 0.29) is 5.91 Å². The molecule has 2 heterocycles. The van der Waals surface area contributed by atoms with E-state index in [4.69, 9.17) is 0 Å². The molecule has 1 aromatic heterocycles. The summed E-state index contributed by atoms with van der Waals surface area (Å²) in [5, 5.41) is 13.8. The summed E-state index contributed by atoms with van der Waals surface area (Å²) in [6, 6.07) is 14.3. The maximum atomic E-state index is 13.0. The summed E-state index contributed by atoms with van der Waals surface area (Å²) in [7, 11) is 0. The minimum Gasteiger partial charge on any atom is -0.352 e. The number of likely N-dealkylation sites (tertiary alicyclic amines) is 1. The Morgan fingerprint density at radius 2 is 2.00 bits per heavy atom. The van der Waals surface area contributed by atoms with Crippen molar-refractivity contribution in [3.8, 4) is 11.4 Å². The van der Waals surface area contributed by atoms with Gasteiger partial charge in [-0.2, -0.15) is 10.2 Å². The van der Waals surface area contributed by atoms with Gasteiger partial charge >= 0.3 is 0 Å². The van der Waals surface area contributed by atoms with E-state index in [0.29, 0.717) is 30.4 Å². The third-order valence-corrected chi connectivity index (χ3v) is 8.32. The van der Waals surface area contributed by atoms with Crippen LogP contribution in [0, 0.1) is 5.92 Å². The van der Waals surface area contributed by atoms with E-state index in [1.165, 1.54) is 24.7 Å². The first-order valence-corrected chi connectivity index (χ1v) is 16.1. The number of amides is 1. The molecule has 1 atom stereocenters. The molecule has 44 heavy (non-hydrogen) atoms. The molecule has 1 aliphatic heterocycles. The number of hydrogen-bond donors (Lipinski definition) is 3. The maximum Gasteiger partial charge on any atom is 0.251 e. The molecule has 0 aliphatic carbocycles. The zero-order chi connectivity index (χ0) is 31.7. The quantitative estimate of drug-likeness (QED) is 0.0768. The van der Waals surface area contributed by atoms with Crippen molar-refractivity contribution in [1.82, 2.24) is 25.4 Å². The molecule has 8 nitrogen and oxygen atoms in total. The minimum atomic E-state index is -0.0257. The van der Waals surface area contributed by atoms with Gasteiger partial charge in [0, 0.05) is 30.4 Å². The molecule has 236 valence electrons. The molecular weight excluding hydrogens is 546 g/mol. The van der Waals surface area contributed by atoms with Crippen LogP contribution in [-0.4, -0.2) is 58.4 Å². The van der Waals surface area contributed by atoms with E-state index in [1.54, 1.807) is 0 Å². The van der Waals surface area contributed by atoms with Crippen molar-refractivity contribution in [1.29, 1.82) is 0 Å². The van der Waals surface area contributed by atoms with E-state index < -0.39 is 0 Å². The summed E-state index contributed by atoms with van der Waals surface area (Å²) in [6.45, 7) is 17.2. The van der Waals surface area contributed by atoms with Crippen molar-refractivity contribution in [2.45, 2.75) is 79.2 Å². The van der Waals surface area contributed by atoms with Crippen LogP contribution < -0.4 is 10.7 Å². The first-order chi connectivity index (χ1) is 21.5. The molecule has 2 aromatic carbocycles. The van der Waals surface area contributed by atoms with Crippen LogP contribution in [-0.2, 0) is 6.42 Å². The van der Waals surface area contributed by atoms with Crippen LogP contribution in [0.15, 0.2) is 77.7 Å². The Kier molecular flexibility index (Phi) is 14.6. The Hall–Kier alpha value is -4.04. The molecule has 1 amide bonds. The van der Waals surface area contributed by atoms with Crippen LogP contribution in [0.4, 0.5) is 5.69 Å². The molecule has 0 spiro atoms. The van der Waals surface area contributed by atoms with Gasteiger partial charge in [0.05, 0.1) is 5.69 Å². The number of benzene rings is 2. The number of carbonyl (C=O) groups is 1. The molecule has 8 heteroatoms. The van der Waals surface area contributed by atoms with Gasteiger partial charge in [-0.05, 0) is 120 Å². The average molecular weight is 598 g/mol. The van der Waals surface area contributed by atoms with Crippen molar-refractivity contribution in [3.05, 3.63) is 89.3 Å². The van der Waals surface area contributed by atoms with Crippen LogP contribution in [0.2, 0.25) is 0 Å². The van der Waals surface area contributed by atoms with Crippen molar-refractivity contribution in [2.75, 3.05) is 25.1 Å². The summed E-state index contributed by atoms with van der Waals surface area (Å²) in [4.78, 5) is 19.8. The van der Waals surface area contributed by atoms with Crippen molar-refractivity contribution in [3.63, 3.8) is 0 Å². The van der Waals surface area contributed by atoms with Crippen LogP contribution >= 0.6 is 0 Å². The molecule has 3 N–H and O–H groups in total. The van der Waals surface area contributed by atoms with E-state index >= 15 is 0 Å². The number of carbonyl (C=O) groups excluding carboxylic acids is 1. The lowest BCUT2D eigenvalue weighted by atomic mass is 9.91. The van der Waals surface area contributed by atoms with Crippen LogP contribution in [0.25, 0.3) is 11.4 Å². The highest BCUT2D eigenvalue weighted by molar-refractivity contribution is 5.94. The zero-order valence-corrected chi connectivity index (χ0v) is 27.3. The largest absolute Gasteiger partial charge is 0.352 e. The fourth-order valence-electron chi connectivity index (χ4n) is 5.64. The lowest BCUT2D eigenvalue weighted by Gasteiger charge is -2.36. The Morgan fingerprint density at radius 3 is 2.70 bits per heavy atom. The Morgan fingerprint density at radius 1 is 1.20 bits per heavy atom. The number of rotatable bonds is 14. The average Bonchev–Trinajstić information content (AvgIpc) is 3.60. The highest BCUT2D eigenvalue weighted by atomic mass is 16.1. The lowest BCUT2D eigenvalue weighted by molar-refractivity contribution is 0.0950. The van der Waals surface area contributed by atoms with Gasteiger partial charge in [-0.15, -0.1) is 0 Å². The monoisotopic (exact) mass is 597 g/mol. The van der Waals surface area contributed by atoms with Gasteiger partial charge < -0.3 is 5.32 Å². The number of anilines is 1. The van der Waals surface area contributed by atoms with Gasteiger partial charge in [-0.25, -0.2) is 4.98 Å². The molecule has 0 radical (unpaired) electrons. The summed E-state index contributed by atoms with van der Waals surface area (Å²) in [5.74, 6) is 1.41. The summed E-state index contributed by atoms with van der Waals surface area (Å²) < 4.78 is 0. The standard InChI is InChI=1S/C34H45N7O.C2H6/c1-5-6-7-10-25(2)26(3)41-19-16-27(17-20-41)12-9-18-36-34(42)30-13-8-11-28(21-30)22-31-23-29(33-37-24-38-40-33)14-15-32(31)39-35-4;1-2/h5-6,8,10-11,13-15,21,23-24,26-27,39H,4,7,9,12,16-20,22H2,1-3H3,(H,36,42)(H,37,38,40);1-2H3/b6-5-,25-10+;. The molecule has 4 rings (SSSR count). The second kappa shape index (κ2) is 18.6. The van der Waals surface area contributed by atoms with Gasteiger partial charge in [-0.3, -0.25) is 20.2 Å². The van der Waals surface area contributed by atoms with E-state index in [1.807, 2.05) is 50.2 Å². The van der Waals surface area contributed by atoms with Gasteiger partial charge in [0.15, 0.2) is 5.82 Å². The summed E-state index contributed by atoms with van der Waals surface area (Å²) >= 11 is 0. The van der Waals surface area contributed by atoms with Crippen molar-refractivity contribution in [2.24, 2.45) is 11.0 Å². The molecule has 1 fully saturated rings. The number of piperidine rings is 1. The molecular formula is C36H51N7O. The number of aromatic nitrogens is 3. The predicted molar refractivity (Wildman–Crippen MR) is 184 cm³/mol. The summed E-state index contributed by atoms with van der Waals surface area (Å²) in [6.07, 6.45) is 14.4. The third kappa shape index (κ3) is 10.3. The smallest absolute Gasteiger partial charge is 0.251 e. The van der Waals surface area contributed by atoms with Crippen LogP contribution in [0.3, 0.4) is 0 Å². The number of nitrogens with zero attached hydrogens (tertiary/aromatic N) is 4. The number of hydrazone groups is 1. The van der Waals surface area contributed by atoms with Crippen LogP contribution in [0.5, 0.6) is 0 Å². The van der Waals surface area contributed by atoms with Gasteiger partial charge in [0.1, 0.15) is 6.33 Å². The zero-order valence-electron chi connectivity index (χ0n) is 27.3. The number of H-pyrrole nitrogens is 1.